The Labute approximate surface area is 130 Å². The highest BCUT2D eigenvalue weighted by Crippen LogP contribution is 2.28. The zero-order chi connectivity index (χ0) is 15.7. The number of hydrogen-bond donors (Lipinski definition) is 1. The summed E-state index contributed by atoms with van der Waals surface area (Å²) in [4.78, 5) is 2.66. The Morgan fingerprint density at radius 2 is 1.76 bits per heavy atom. The summed E-state index contributed by atoms with van der Waals surface area (Å²) in [5.74, 6) is 0.609. The molecule has 0 spiro atoms. The minimum Gasteiger partial charge on any atom is -0.309 e. The zero-order valence-electron chi connectivity index (χ0n) is 14.7. The fraction of sp³-hybridized carbons (Fsp3) is 0.684. The first-order chi connectivity index (χ1) is 9.76. The molecule has 1 aromatic carbocycles. The van der Waals surface area contributed by atoms with Gasteiger partial charge < -0.3 is 5.32 Å². The van der Waals surface area contributed by atoms with Crippen molar-refractivity contribution in [2.75, 3.05) is 13.1 Å². The molecule has 1 aromatic rings. The number of benzene rings is 1. The summed E-state index contributed by atoms with van der Waals surface area (Å²) in [5, 5.41) is 3.70. The van der Waals surface area contributed by atoms with E-state index < -0.39 is 0 Å². The molecule has 0 saturated carbocycles. The van der Waals surface area contributed by atoms with Gasteiger partial charge >= 0.3 is 0 Å². The summed E-state index contributed by atoms with van der Waals surface area (Å²) in [5.41, 5.74) is 3.31. The zero-order valence-corrected chi connectivity index (χ0v) is 14.7. The molecule has 0 aromatic heterocycles. The Morgan fingerprint density at radius 3 is 2.29 bits per heavy atom. The molecular weight excluding hydrogens is 256 g/mol. The van der Waals surface area contributed by atoms with E-state index in [0.29, 0.717) is 5.92 Å². The van der Waals surface area contributed by atoms with E-state index in [4.69, 9.17) is 0 Å². The molecule has 2 nitrogen and oxygen atoms in total. The third-order valence-corrected chi connectivity index (χ3v) is 5.08. The molecule has 0 amide bonds. The molecule has 2 rings (SSSR count). The molecule has 1 fully saturated rings. The molecule has 1 heterocycles. The van der Waals surface area contributed by atoms with Gasteiger partial charge in [0.2, 0.25) is 0 Å². The number of rotatable bonds is 4. The fourth-order valence-electron chi connectivity index (χ4n) is 3.09. The van der Waals surface area contributed by atoms with Crippen LogP contribution in [0.1, 0.15) is 65.0 Å². The second-order valence-electron chi connectivity index (χ2n) is 7.84. The fourth-order valence-corrected chi connectivity index (χ4v) is 3.09. The molecule has 1 atom stereocenters. The highest BCUT2D eigenvalue weighted by atomic mass is 15.3. The highest BCUT2D eigenvalue weighted by molar-refractivity contribution is 5.25. The van der Waals surface area contributed by atoms with Crippen LogP contribution in [0.25, 0.3) is 0 Å². The monoisotopic (exact) mass is 288 g/mol. The maximum atomic E-state index is 3.70. The van der Waals surface area contributed by atoms with Gasteiger partial charge in [0.15, 0.2) is 0 Å². The van der Waals surface area contributed by atoms with Crippen LogP contribution in [-0.2, 0) is 6.54 Å². The maximum Gasteiger partial charge on any atom is 0.0307 e. The molecular formula is C19H32N2. The highest BCUT2D eigenvalue weighted by Gasteiger charge is 2.39. The van der Waals surface area contributed by atoms with Gasteiger partial charge in [-0.2, -0.15) is 0 Å². The number of nitrogens with zero attached hydrogens (tertiary/aromatic N) is 1. The molecule has 0 aliphatic carbocycles. The van der Waals surface area contributed by atoms with Gasteiger partial charge in [-0.3, -0.25) is 4.90 Å². The maximum absolute atomic E-state index is 3.70. The van der Waals surface area contributed by atoms with Gasteiger partial charge in [0.05, 0.1) is 0 Å². The summed E-state index contributed by atoms with van der Waals surface area (Å²) in [7, 11) is 0. The third-order valence-electron chi connectivity index (χ3n) is 5.08. The minimum atomic E-state index is 0.201. The van der Waals surface area contributed by atoms with Gasteiger partial charge in [-0.05, 0) is 44.2 Å². The van der Waals surface area contributed by atoms with E-state index >= 15 is 0 Å². The summed E-state index contributed by atoms with van der Waals surface area (Å²) in [6.45, 7) is 17.0. The lowest BCUT2D eigenvalue weighted by Crippen LogP contribution is -2.66. The Balaban J connectivity index is 2.14. The first-order valence-corrected chi connectivity index (χ1v) is 8.35. The normalized spacial score (nSPS) is 26.2. The van der Waals surface area contributed by atoms with Crippen LogP contribution in [0.5, 0.6) is 0 Å². The standard InChI is InChI=1S/C19H32N2/c1-7-19(6)13-20-18(4,5)14-21(19)12-16-8-10-17(11-9-16)15(2)3/h8-11,15,20H,7,12-14H2,1-6H3. The van der Waals surface area contributed by atoms with E-state index in [0.717, 1.165) is 19.6 Å². The predicted molar refractivity (Wildman–Crippen MR) is 91.7 cm³/mol. The van der Waals surface area contributed by atoms with E-state index in [1.54, 1.807) is 0 Å². The number of hydrogen-bond acceptors (Lipinski definition) is 2. The molecule has 1 N–H and O–H groups in total. The Bertz CT molecular complexity index is 461. The summed E-state index contributed by atoms with van der Waals surface area (Å²) in [6, 6.07) is 9.19. The van der Waals surface area contributed by atoms with Crippen LogP contribution < -0.4 is 5.32 Å². The lowest BCUT2D eigenvalue weighted by atomic mass is 9.87. The second kappa shape index (κ2) is 6.10. The van der Waals surface area contributed by atoms with E-state index in [1.165, 1.54) is 17.5 Å². The third kappa shape index (κ3) is 3.87. The molecule has 1 unspecified atom stereocenters. The first kappa shape index (κ1) is 16.5. The molecule has 21 heavy (non-hydrogen) atoms. The van der Waals surface area contributed by atoms with Crippen LogP contribution in [0.3, 0.4) is 0 Å². The lowest BCUT2D eigenvalue weighted by Gasteiger charge is -2.51. The van der Waals surface area contributed by atoms with Crippen molar-refractivity contribution in [3.05, 3.63) is 35.4 Å². The SMILES string of the molecule is CCC1(C)CNC(C)(C)CN1Cc1ccc(C(C)C)cc1. The van der Waals surface area contributed by atoms with Crippen molar-refractivity contribution >= 4 is 0 Å². The average molecular weight is 288 g/mol. The van der Waals surface area contributed by atoms with Gasteiger partial charge in [-0.15, -0.1) is 0 Å². The Kier molecular flexibility index (Phi) is 4.79. The smallest absolute Gasteiger partial charge is 0.0307 e. The van der Waals surface area contributed by atoms with Crippen molar-refractivity contribution in [1.82, 2.24) is 10.2 Å². The van der Waals surface area contributed by atoms with E-state index in [1.807, 2.05) is 0 Å². The predicted octanol–water partition coefficient (Wildman–Crippen LogP) is 4.16. The average Bonchev–Trinajstić information content (AvgIpc) is 2.43. The summed E-state index contributed by atoms with van der Waals surface area (Å²) in [6.07, 6.45) is 1.18. The van der Waals surface area contributed by atoms with Crippen molar-refractivity contribution in [3.8, 4) is 0 Å². The van der Waals surface area contributed by atoms with Crippen molar-refractivity contribution < 1.29 is 0 Å². The van der Waals surface area contributed by atoms with Crippen LogP contribution >= 0.6 is 0 Å². The summed E-state index contributed by atoms with van der Waals surface area (Å²) >= 11 is 0. The Morgan fingerprint density at radius 1 is 1.14 bits per heavy atom. The van der Waals surface area contributed by atoms with Crippen LogP contribution in [0.4, 0.5) is 0 Å². The second-order valence-corrected chi connectivity index (χ2v) is 7.84. The molecule has 2 heteroatoms. The van der Waals surface area contributed by atoms with Crippen LogP contribution in [-0.4, -0.2) is 29.1 Å². The van der Waals surface area contributed by atoms with Gasteiger partial charge in [0, 0.05) is 30.7 Å². The quantitative estimate of drug-likeness (QED) is 0.895. The van der Waals surface area contributed by atoms with Crippen molar-refractivity contribution in [3.63, 3.8) is 0 Å². The lowest BCUT2D eigenvalue weighted by molar-refractivity contribution is 0.0175. The van der Waals surface area contributed by atoms with E-state index in [2.05, 4.69) is 76.0 Å². The van der Waals surface area contributed by atoms with Crippen LogP contribution in [0.15, 0.2) is 24.3 Å². The van der Waals surface area contributed by atoms with Gasteiger partial charge in [-0.1, -0.05) is 45.0 Å². The van der Waals surface area contributed by atoms with E-state index in [9.17, 15) is 0 Å². The van der Waals surface area contributed by atoms with E-state index in [-0.39, 0.29) is 11.1 Å². The van der Waals surface area contributed by atoms with Gasteiger partial charge in [-0.25, -0.2) is 0 Å². The summed E-state index contributed by atoms with van der Waals surface area (Å²) < 4.78 is 0. The molecule has 0 radical (unpaired) electrons. The number of piperazine rings is 1. The van der Waals surface area contributed by atoms with Gasteiger partial charge in [0.25, 0.3) is 0 Å². The van der Waals surface area contributed by atoms with Crippen LogP contribution in [0, 0.1) is 0 Å². The molecule has 1 aliphatic rings. The topological polar surface area (TPSA) is 15.3 Å². The molecule has 1 saturated heterocycles. The first-order valence-electron chi connectivity index (χ1n) is 8.35. The van der Waals surface area contributed by atoms with Gasteiger partial charge in [0.1, 0.15) is 0 Å². The van der Waals surface area contributed by atoms with Crippen molar-refractivity contribution in [1.29, 1.82) is 0 Å². The Hall–Kier alpha value is -0.860. The van der Waals surface area contributed by atoms with Crippen molar-refractivity contribution in [2.45, 2.75) is 71.5 Å². The molecule has 1 aliphatic heterocycles. The van der Waals surface area contributed by atoms with Crippen molar-refractivity contribution in [2.24, 2.45) is 0 Å². The van der Waals surface area contributed by atoms with Crippen LogP contribution in [0.2, 0.25) is 0 Å². The minimum absolute atomic E-state index is 0.201. The molecule has 118 valence electrons. The molecule has 0 bridgehead atoms. The number of nitrogens with one attached hydrogen (secondary N) is 1. The largest absolute Gasteiger partial charge is 0.309 e.